The number of rotatable bonds is 7. The van der Waals surface area contributed by atoms with Crippen molar-refractivity contribution in [1.82, 2.24) is 5.32 Å². The number of nitrogens with one attached hydrogen (secondary N) is 1. The molecular weight excluding hydrogens is 286 g/mol. The zero-order valence-electron chi connectivity index (χ0n) is 12.1. The first-order chi connectivity index (χ1) is 10.1. The smallest absolute Gasteiger partial charge is 0.122 e. The van der Waals surface area contributed by atoms with Gasteiger partial charge >= 0.3 is 0 Å². The molecule has 2 N–H and O–H groups in total. The highest BCUT2D eigenvalue weighted by Crippen LogP contribution is 2.16. The fourth-order valence-electron chi connectivity index (χ4n) is 1.95. The number of hydrogen-bond acceptors (Lipinski definition) is 3. The minimum atomic E-state index is -0.545. The zero-order chi connectivity index (χ0) is 15.1. The van der Waals surface area contributed by atoms with Crippen LogP contribution in [-0.2, 0) is 6.54 Å². The summed E-state index contributed by atoms with van der Waals surface area (Å²) >= 11 is 5.83. The molecule has 0 spiro atoms. The first-order valence-corrected chi connectivity index (χ1v) is 7.34. The van der Waals surface area contributed by atoms with Gasteiger partial charge in [0.15, 0.2) is 0 Å². The van der Waals surface area contributed by atoms with Gasteiger partial charge in [0.2, 0.25) is 0 Å². The number of para-hydroxylation sites is 1. The Morgan fingerprint density at radius 1 is 1.14 bits per heavy atom. The summed E-state index contributed by atoms with van der Waals surface area (Å²) in [4.78, 5) is 0. The molecule has 21 heavy (non-hydrogen) atoms. The van der Waals surface area contributed by atoms with E-state index in [4.69, 9.17) is 16.3 Å². The second kappa shape index (κ2) is 8.03. The Balaban J connectivity index is 1.69. The van der Waals surface area contributed by atoms with Crippen LogP contribution in [0.5, 0.6) is 5.75 Å². The van der Waals surface area contributed by atoms with Crippen LogP contribution >= 0.6 is 11.6 Å². The normalized spacial score (nSPS) is 12.1. The van der Waals surface area contributed by atoms with E-state index in [1.54, 1.807) is 0 Å². The lowest BCUT2D eigenvalue weighted by Gasteiger charge is -2.14. The van der Waals surface area contributed by atoms with Crippen LogP contribution in [0.1, 0.15) is 11.1 Å². The second-order valence-electron chi connectivity index (χ2n) is 4.99. The maximum Gasteiger partial charge on any atom is 0.122 e. The molecule has 0 fully saturated rings. The molecule has 0 aliphatic heterocycles. The van der Waals surface area contributed by atoms with Crippen molar-refractivity contribution in [3.05, 3.63) is 64.7 Å². The van der Waals surface area contributed by atoms with Crippen molar-refractivity contribution in [3.63, 3.8) is 0 Å². The molecule has 0 amide bonds. The molecule has 0 saturated heterocycles. The molecular formula is C17H20ClNO2. The quantitative estimate of drug-likeness (QED) is 0.825. The summed E-state index contributed by atoms with van der Waals surface area (Å²) in [6.07, 6.45) is -0.545. The van der Waals surface area contributed by atoms with E-state index in [1.165, 1.54) is 0 Å². The summed E-state index contributed by atoms with van der Waals surface area (Å²) < 4.78 is 5.61. The average Bonchev–Trinajstić information content (AvgIpc) is 2.48. The summed E-state index contributed by atoms with van der Waals surface area (Å²) in [6.45, 7) is 3.44. The number of benzene rings is 2. The van der Waals surface area contributed by atoms with Gasteiger partial charge in [0.1, 0.15) is 18.5 Å². The van der Waals surface area contributed by atoms with Gasteiger partial charge in [0, 0.05) is 18.1 Å². The fourth-order valence-corrected chi connectivity index (χ4v) is 2.07. The van der Waals surface area contributed by atoms with Gasteiger partial charge in [-0.2, -0.15) is 0 Å². The minimum Gasteiger partial charge on any atom is -0.491 e. The number of halogens is 1. The van der Waals surface area contributed by atoms with Crippen molar-refractivity contribution in [2.45, 2.75) is 19.6 Å². The highest BCUT2D eigenvalue weighted by Gasteiger charge is 2.06. The van der Waals surface area contributed by atoms with Crippen molar-refractivity contribution >= 4 is 11.6 Å². The third kappa shape index (κ3) is 5.38. The average molecular weight is 306 g/mol. The highest BCUT2D eigenvalue weighted by atomic mass is 35.5. The van der Waals surface area contributed by atoms with E-state index in [0.717, 1.165) is 21.9 Å². The van der Waals surface area contributed by atoms with E-state index < -0.39 is 6.10 Å². The van der Waals surface area contributed by atoms with Gasteiger partial charge in [-0.15, -0.1) is 0 Å². The van der Waals surface area contributed by atoms with Crippen LogP contribution in [0.25, 0.3) is 0 Å². The number of hydrogen-bond donors (Lipinski definition) is 2. The Morgan fingerprint density at radius 2 is 1.86 bits per heavy atom. The Labute approximate surface area is 130 Å². The number of ether oxygens (including phenoxy) is 1. The van der Waals surface area contributed by atoms with Gasteiger partial charge in [-0.25, -0.2) is 0 Å². The number of aryl methyl sites for hydroxylation is 1. The lowest BCUT2D eigenvalue weighted by molar-refractivity contribution is 0.106. The molecule has 112 valence electrons. The van der Waals surface area contributed by atoms with Crippen LogP contribution in [-0.4, -0.2) is 24.4 Å². The highest BCUT2D eigenvalue weighted by molar-refractivity contribution is 6.30. The predicted molar refractivity (Wildman–Crippen MR) is 85.8 cm³/mol. The Bertz CT molecular complexity index is 557. The van der Waals surface area contributed by atoms with Crippen LogP contribution in [0.4, 0.5) is 0 Å². The van der Waals surface area contributed by atoms with Crippen LogP contribution in [0.15, 0.2) is 48.5 Å². The summed E-state index contributed by atoms with van der Waals surface area (Å²) in [5.74, 6) is 0.814. The van der Waals surface area contributed by atoms with Crippen molar-refractivity contribution in [2.75, 3.05) is 13.2 Å². The first kappa shape index (κ1) is 15.8. The molecule has 0 aromatic heterocycles. The molecule has 1 unspecified atom stereocenters. The van der Waals surface area contributed by atoms with Gasteiger partial charge in [0.05, 0.1) is 0 Å². The van der Waals surface area contributed by atoms with E-state index in [9.17, 15) is 5.11 Å². The third-order valence-corrected chi connectivity index (χ3v) is 3.40. The van der Waals surface area contributed by atoms with Gasteiger partial charge < -0.3 is 15.2 Å². The van der Waals surface area contributed by atoms with Gasteiger partial charge in [-0.05, 0) is 36.2 Å². The number of aliphatic hydroxyl groups is 1. The Morgan fingerprint density at radius 3 is 2.57 bits per heavy atom. The van der Waals surface area contributed by atoms with Crippen LogP contribution < -0.4 is 10.1 Å². The monoisotopic (exact) mass is 305 g/mol. The molecule has 0 aliphatic carbocycles. The molecule has 0 bridgehead atoms. The van der Waals surface area contributed by atoms with Crippen LogP contribution in [0, 0.1) is 6.92 Å². The molecule has 3 nitrogen and oxygen atoms in total. The fraction of sp³-hybridized carbons (Fsp3) is 0.294. The van der Waals surface area contributed by atoms with Gasteiger partial charge in [-0.3, -0.25) is 0 Å². The van der Waals surface area contributed by atoms with E-state index in [-0.39, 0.29) is 6.61 Å². The summed E-state index contributed by atoms with van der Waals surface area (Å²) in [7, 11) is 0. The summed E-state index contributed by atoms with van der Waals surface area (Å²) in [5.41, 5.74) is 2.20. The maximum atomic E-state index is 9.91. The van der Waals surface area contributed by atoms with Crippen molar-refractivity contribution in [3.8, 4) is 5.75 Å². The first-order valence-electron chi connectivity index (χ1n) is 6.97. The molecule has 1 atom stereocenters. The van der Waals surface area contributed by atoms with E-state index in [2.05, 4.69) is 5.32 Å². The largest absolute Gasteiger partial charge is 0.491 e. The molecule has 2 aromatic rings. The Kier molecular flexibility index (Phi) is 6.05. The maximum absolute atomic E-state index is 9.91. The molecule has 0 saturated carbocycles. The summed E-state index contributed by atoms with van der Waals surface area (Å²) in [6, 6.07) is 15.4. The van der Waals surface area contributed by atoms with E-state index in [1.807, 2.05) is 55.5 Å². The van der Waals surface area contributed by atoms with Crippen LogP contribution in [0.3, 0.4) is 0 Å². The second-order valence-corrected chi connectivity index (χ2v) is 5.42. The van der Waals surface area contributed by atoms with E-state index >= 15 is 0 Å². The third-order valence-electron chi connectivity index (χ3n) is 3.15. The van der Waals surface area contributed by atoms with Crippen molar-refractivity contribution in [2.24, 2.45) is 0 Å². The van der Waals surface area contributed by atoms with Gasteiger partial charge in [-0.1, -0.05) is 41.9 Å². The molecule has 0 radical (unpaired) electrons. The minimum absolute atomic E-state index is 0.276. The van der Waals surface area contributed by atoms with Gasteiger partial charge in [0.25, 0.3) is 0 Å². The SMILES string of the molecule is Cc1ccccc1OCC(O)CNCc1ccc(Cl)cc1. The summed E-state index contributed by atoms with van der Waals surface area (Å²) in [5, 5.41) is 13.8. The lowest BCUT2D eigenvalue weighted by Crippen LogP contribution is -2.31. The van der Waals surface area contributed by atoms with E-state index in [0.29, 0.717) is 13.1 Å². The van der Waals surface area contributed by atoms with Crippen LogP contribution in [0.2, 0.25) is 5.02 Å². The Hall–Kier alpha value is -1.55. The molecule has 0 heterocycles. The predicted octanol–water partition coefficient (Wildman–Crippen LogP) is 3.18. The topological polar surface area (TPSA) is 41.5 Å². The molecule has 2 aromatic carbocycles. The van der Waals surface area contributed by atoms with Crippen molar-refractivity contribution < 1.29 is 9.84 Å². The molecule has 4 heteroatoms. The van der Waals surface area contributed by atoms with Crippen molar-refractivity contribution in [1.29, 1.82) is 0 Å². The standard InChI is InChI=1S/C17H20ClNO2/c1-13-4-2-3-5-17(13)21-12-16(20)11-19-10-14-6-8-15(18)9-7-14/h2-9,16,19-20H,10-12H2,1H3. The molecule has 0 aliphatic rings. The lowest BCUT2D eigenvalue weighted by atomic mass is 10.2. The number of aliphatic hydroxyl groups excluding tert-OH is 1. The molecule has 2 rings (SSSR count). The zero-order valence-corrected chi connectivity index (χ0v) is 12.8.